The molecule has 1 aliphatic heterocycles. The molecule has 0 radical (unpaired) electrons. The number of hydrogen-bond donors (Lipinski definition) is 2. The number of carbonyl (C=O) groups excluding carboxylic acids is 1. The van der Waals surface area contributed by atoms with Crippen LogP contribution in [0, 0.1) is 6.92 Å². The Morgan fingerprint density at radius 3 is 2.69 bits per heavy atom. The predicted octanol–water partition coefficient (Wildman–Crippen LogP) is 6.05. The lowest BCUT2D eigenvalue weighted by Crippen LogP contribution is -2.24. The van der Waals surface area contributed by atoms with E-state index in [4.69, 9.17) is 16.3 Å². The highest BCUT2D eigenvalue weighted by Gasteiger charge is 2.08. The van der Waals surface area contributed by atoms with E-state index < -0.39 is 5.83 Å². The number of methoxy groups -OCH3 is 1. The van der Waals surface area contributed by atoms with Crippen LogP contribution >= 0.6 is 11.6 Å². The van der Waals surface area contributed by atoms with Crippen LogP contribution in [0.2, 0.25) is 5.02 Å². The minimum absolute atomic E-state index is 0.232. The van der Waals surface area contributed by atoms with Crippen LogP contribution in [0.1, 0.15) is 30.9 Å². The van der Waals surface area contributed by atoms with E-state index in [0.29, 0.717) is 34.8 Å². The second-order valence-electron chi connectivity index (χ2n) is 8.21. The molecule has 0 aromatic heterocycles. The van der Waals surface area contributed by atoms with Crippen molar-refractivity contribution in [1.82, 2.24) is 10.6 Å². The standard InChI is InChI=1S/C28H33ClFN3O2/c1-19(22(4)30)15-25(18-35-5)20(2)13-24(16-32-27-7-6-12-31-27)9-11-28(34)33-17-23-8-10-26(29)21(3)14-23/h8-11,13-15,18H,2,4,6-7,12,16-17H2,1,3,5H3,(H,31,32)(H,33,34)/b11-9+,19-15-,24-13+,25-18-. The molecule has 0 aliphatic carbocycles. The van der Waals surface area contributed by atoms with E-state index in [2.05, 4.69) is 28.8 Å². The molecule has 0 saturated heterocycles. The Bertz CT molecular complexity index is 1110. The fourth-order valence-electron chi connectivity index (χ4n) is 3.24. The number of carbonyl (C=O) groups is 1. The number of ether oxygens (including phenoxy) is 1. The van der Waals surface area contributed by atoms with E-state index in [1.165, 1.54) is 19.4 Å². The van der Waals surface area contributed by atoms with Crippen LogP contribution in [0.4, 0.5) is 4.39 Å². The van der Waals surface area contributed by atoms with E-state index in [-0.39, 0.29) is 5.91 Å². The molecule has 186 valence electrons. The molecule has 0 spiro atoms. The Labute approximate surface area is 212 Å². The SMILES string of the molecule is C=C(F)/C(C)=C\C(=C\OC)C(=C)/C=C(\C=C\C(=O)NCc1ccc(Cl)c(C)c1)CNC1=NCCC1. The predicted molar refractivity (Wildman–Crippen MR) is 143 cm³/mol. The fourth-order valence-corrected chi connectivity index (χ4v) is 3.36. The third kappa shape index (κ3) is 9.79. The van der Waals surface area contributed by atoms with Gasteiger partial charge in [0.1, 0.15) is 5.83 Å². The molecule has 0 fully saturated rings. The van der Waals surface area contributed by atoms with Crippen LogP contribution in [0.3, 0.4) is 0 Å². The summed E-state index contributed by atoms with van der Waals surface area (Å²) in [5.74, 6) is 0.177. The molecule has 0 saturated carbocycles. The molecule has 1 heterocycles. The summed E-state index contributed by atoms with van der Waals surface area (Å²) in [6.45, 7) is 12.6. The summed E-state index contributed by atoms with van der Waals surface area (Å²) in [6.07, 6.45) is 10.0. The first-order valence-electron chi connectivity index (χ1n) is 11.3. The number of rotatable bonds is 11. The lowest BCUT2D eigenvalue weighted by Gasteiger charge is -2.10. The Morgan fingerprint density at radius 1 is 1.29 bits per heavy atom. The molecular weight excluding hydrogens is 465 g/mol. The molecule has 1 aliphatic rings. The fraction of sp³-hybridized carbons (Fsp3) is 0.286. The van der Waals surface area contributed by atoms with Crippen LogP contribution in [0.5, 0.6) is 0 Å². The zero-order valence-corrected chi connectivity index (χ0v) is 21.3. The molecule has 5 nitrogen and oxygen atoms in total. The van der Waals surface area contributed by atoms with Crippen LogP contribution in [-0.2, 0) is 16.1 Å². The van der Waals surface area contributed by atoms with Gasteiger partial charge >= 0.3 is 0 Å². The summed E-state index contributed by atoms with van der Waals surface area (Å²) in [7, 11) is 1.51. The maximum atomic E-state index is 13.5. The Balaban J connectivity index is 2.16. The first kappa shape index (κ1) is 27.9. The van der Waals surface area contributed by atoms with Crippen molar-refractivity contribution in [3.63, 3.8) is 0 Å². The number of aryl methyl sites for hydroxylation is 1. The molecule has 2 rings (SSSR count). The molecular formula is C28H33ClFN3O2. The summed E-state index contributed by atoms with van der Waals surface area (Å²) in [4.78, 5) is 16.9. The molecule has 1 aromatic rings. The van der Waals surface area contributed by atoms with Crippen LogP contribution in [0.25, 0.3) is 0 Å². The molecule has 1 amide bonds. The quantitative estimate of drug-likeness (QED) is 0.222. The average molecular weight is 498 g/mol. The zero-order valence-electron chi connectivity index (χ0n) is 20.6. The minimum Gasteiger partial charge on any atom is -0.504 e. The van der Waals surface area contributed by atoms with Gasteiger partial charge in [-0.05, 0) is 66.3 Å². The van der Waals surface area contributed by atoms with Gasteiger partial charge in [0.25, 0.3) is 0 Å². The van der Waals surface area contributed by atoms with Crippen molar-refractivity contribution in [2.24, 2.45) is 4.99 Å². The highest BCUT2D eigenvalue weighted by atomic mass is 35.5. The Morgan fingerprint density at radius 2 is 2.06 bits per heavy atom. The number of allylic oxidation sites excluding steroid dienone is 6. The van der Waals surface area contributed by atoms with E-state index in [1.807, 2.05) is 31.2 Å². The number of aliphatic imine (C=N–C) groups is 1. The van der Waals surface area contributed by atoms with Gasteiger partial charge in [-0.15, -0.1) is 0 Å². The zero-order chi connectivity index (χ0) is 25.8. The maximum Gasteiger partial charge on any atom is 0.244 e. The van der Waals surface area contributed by atoms with Crippen LogP contribution in [-0.4, -0.2) is 31.9 Å². The number of nitrogens with zero attached hydrogens (tertiary/aromatic N) is 1. The second-order valence-corrected chi connectivity index (χ2v) is 8.61. The summed E-state index contributed by atoms with van der Waals surface area (Å²) < 4.78 is 18.6. The van der Waals surface area contributed by atoms with Crippen molar-refractivity contribution in [2.75, 3.05) is 20.2 Å². The van der Waals surface area contributed by atoms with Gasteiger partial charge in [-0.25, -0.2) is 4.39 Å². The van der Waals surface area contributed by atoms with E-state index in [9.17, 15) is 9.18 Å². The van der Waals surface area contributed by atoms with Gasteiger partial charge in [-0.1, -0.05) is 43.0 Å². The molecule has 0 atom stereocenters. The Kier molecular flexibility index (Phi) is 11.2. The van der Waals surface area contributed by atoms with Crippen molar-refractivity contribution in [2.45, 2.75) is 33.2 Å². The number of benzene rings is 1. The van der Waals surface area contributed by atoms with Crippen LogP contribution in [0.15, 0.2) is 95.0 Å². The van der Waals surface area contributed by atoms with Crippen molar-refractivity contribution in [3.8, 4) is 0 Å². The maximum absolute atomic E-state index is 13.5. The van der Waals surface area contributed by atoms with Gasteiger partial charge < -0.3 is 15.4 Å². The third-order valence-electron chi connectivity index (χ3n) is 5.28. The number of amidine groups is 1. The number of hydrogen-bond acceptors (Lipinski definition) is 4. The van der Waals surface area contributed by atoms with E-state index >= 15 is 0 Å². The van der Waals surface area contributed by atoms with E-state index in [1.54, 1.807) is 19.1 Å². The lowest BCUT2D eigenvalue weighted by molar-refractivity contribution is -0.116. The van der Waals surface area contributed by atoms with Crippen LogP contribution < -0.4 is 10.6 Å². The monoisotopic (exact) mass is 497 g/mol. The number of nitrogens with one attached hydrogen (secondary N) is 2. The Hall–Kier alpha value is -3.38. The normalized spacial score (nSPS) is 14.7. The molecule has 7 heteroatoms. The number of halogens is 2. The molecule has 1 aromatic carbocycles. The first-order valence-corrected chi connectivity index (χ1v) is 11.7. The van der Waals surface area contributed by atoms with Crippen molar-refractivity contribution in [3.05, 3.63) is 106 Å². The smallest absolute Gasteiger partial charge is 0.244 e. The lowest BCUT2D eigenvalue weighted by atomic mass is 10.0. The van der Waals surface area contributed by atoms with Gasteiger partial charge in [-0.3, -0.25) is 9.79 Å². The highest BCUT2D eigenvalue weighted by molar-refractivity contribution is 6.31. The van der Waals surface area contributed by atoms with Gasteiger partial charge in [0.15, 0.2) is 0 Å². The van der Waals surface area contributed by atoms with Gasteiger partial charge in [-0.2, -0.15) is 0 Å². The van der Waals surface area contributed by atoms with Gasteiger partial charge in [0, 0.05) is 42.7 Å². The van der Waals surface area contributed by atoms with Gasteiger partial charge in [0.2, 0.25) is 5.91 Å². The summed E-state index contributed by atoms with van der Waals surface area (Å²) >= 11 is 6.07. The summed E-state index contributed by atoms with van der Waals surface area (Å²) in [6, 6.07) is 5.64. The number of amides is 1. The molecule has 35 heavy (non-hydrogen) atoms. The van der Waals surface area contributed by atoms with Crippen molar-refractivity contribution in [1.29, 1.82) is 0 Å². The highest BCUT2D eigenvalue weighted by Crippen LogP contribution is 2.19. The second kappa shape index (κ2) is 14.1. The van der Waals surface area contributed by atoms with E-state index in [0.717, 1.165) is 41.9 Å². The van der Waals surface area contributed by atoms with Crippen molar-refractivity contribution >= 4 is 23.3 Å². The third-order valence-corrected chi connectivity index (χ3v) is 5.71. The largest absolute Gasteiger partial charge is 0.504 e. The molecule has 0 bridgehead atoms. The summed E-state index contributed by atoms with van der Waals surface area (Å²) in [5.41, 5.74) is 4.28. The average Bonchev–Trinajstić information content (AvgIpc) is 3.34. The molecule has 0 unspecified atom stereocenters. The first-order chi connectivity index (χ1) is 16.7. The minimum atomic E-state index is -0.530. The topological polar surface area (TPSA) is 62.7 Å². The molecule has 2 N–H and O–H groups in total. The van der Waals surface area contributed by atoms with Gasteiger partial charge in [0.05, 0.1) is 19.2 Å². The summed E-state index contributed by atoms with van der Waals surface area (Å²) in [5, 5.41) is 6.89. The van der Waals surface area contributed by atoms with Crippen molar-refractivity contribution < 1.29 is 13.9 Å².